The minimum atomic E-state index is -0.592. The number of carbonyl (C=O) groups excluding carboxylic acids is 1. The maximum Gasteiger partial charge on any atom is 0.286 e. The van der Waals surface area contributed by atoms with Gasteiger partial charge in [-0.1, -0.05) is 19.0 Å². The van der Waals surface area contributed by atoms with Gasteiger partial charge in [-0.2, -0.15) is 4.98 Å². The van der Waals surface area contributed by atoms with Gasteiger partial charge >= 0.3 is 0 Å². The van der Waals surface area contributed by atoms with Crippen molar-refractivity contribution in [2.75, 3.05) is 45.3 Å². The topological polar surface area (TPSA) is 137 Å². The van der Waals surface area contributed by atoms with Gasteiger partial charge in [0.25, 0.3) is 11.6 Å². The predicted molar refractivity (Wildman–Crippen MR) is 126 cm³/mol. The van der Waals surface area contributed by atoms with E-state index >= 15 is 0 Å². The molecule has 0 spiro atoms. The molecule has 12 heteroatoms. The molecule has 0 atom stereocenters. The molecule has 0 radical (unpaired) electrons. The summed E-state index contributed by atoms with van der Waals surface area (Å²) in [5.74, 6) is 1.97. The fraction of sp³-hybridized carbons (Fsp3) is 0.391. The van der Waals surface area contributed by atoms with Gasteiger partial charge in [0.1, 0.15) is 11.4 Å². The highest BCUT2D eigenvalue weighted by Gasteiger charge is 2.30. The molecule has 1 fully saturated rings. The van der Waals surface area contributed by atoms with E-state index in [9.17, 15) is 14.9 Å². The molecule has 3 heterocycles. The first-order valence-electron chi connectivity index (χ1n) is 11.1. The molecule has 0 bridgehead atoms. The Kier molecular flexibility index (Phi) is 6.80. The number of ether oxygens (including phenoxy) is 2. The third-order valence-corrected chi connectivity index (χ3v) is 5.76. The van der Waals surface area contributed by atoms with E-state index in [0.717, 1.165) is 11.4 Å². The lowest BCUT2D eigenvalue weighted by molar-refractivity contribution is -0.385. The zero-order valence-electron chi connectivity index (χ0n) is 19.9. The van der Waals surface area contributed by atoms with Crippen LogP contribution in [0.25, 0.3) is 11.4 Å². The van der Waals surface area contributed by atoms with Gasteiger partial charge in [0.05, 0.1) is 25.2 Å². The maximum atomic E-state index is 13.2. The summed E-state index contributed by atoms with van der Waals surface area (Å²) in [6.45, 7) is 5.78. The summed E-state index contributed by atoms with van der Waals surface area (Å²) in [5, 5.41) is 15.6. The van der Waals surface area contributed by atoms with Crippen molar-refractivity contribution in [2.24, 2.45) is 0 Å². The van der Waals surface area contributed by atoms with Crippen molar-refractivity contribution < 1.29 is 23.7 Å². The zero-order chi connectivity index (χ0) is 25.1. The first-order chi connectivity index (χ1) is 16.8. The molecule has 184 valence electrons. The quantitative estimate of drug-likeness (QED) is 0.365. The lowest BCUT2D eigenvalue weighted by Crippen LogP contribution is -2.49. The lowest BCUT2D eigenvalue weighted by Gasteiger charge is -2.35. The van der Waals surface area contributed by atoms with Crippen LogP contribution < -0.4 is 14.4 Å². The molecule has 3 aromatic rings. The Labute approximate surface area is 201 Å². The Morgan fingerprint density at radius 1 is 1.11 bits per heavy atom. The SMILES string of the molecule is COc1cc(C(=O)N2CCN(c3ccc(-c4noc(C(C)C)n4)cn3)CC2)c([N+](=O)[O-])cc1OC. The third-order valence-electron chi connectivity index (χ3n) is 5.76. The third kappa shape index (κ3) is 4.86. The van der Waals surface area contributed by atoms with E-state index in [1.807, 2.05) is 30.9 Å². The predicted octanol–water partition coefficient (Wildman–Crippen LogP) is 3.14. The molecule has 0 saturated carbocycles. The second-order valence-electron chi connectivity index (χ2n) is 8.28. The lowest BCUT2D eigenvalue weighted by atomic mass is 10.1. The second kappa shape index (κ2) is 9.95. The fourth-order valence-corrected chi connectivity index (χ4v) is 3.79. The van der Waals surface area contributed by atoms with Crippen LogP contribution in [0.4, 0.5) is 11.5 Å². The first kappa shape index (κ1) is 23.9. The van der Waals surface area contributed by atoms with Crippen LogP contribution in [0.3, 0.4) is 0 Å². The summed E-state index contributed by atoms with van der Waals surface area (Å²) in [6.07, 6.45) is 1.69. The second-order valence-corrected chi connectivity index (χ2v) is 8.28. The molecule has 1 amide bonds. The molecule has 2 aromatic heterocycles. The van der Waals surface area contributed by atoms with Gasteiger partial charge < -0.3 is 23.8 Å². The van der Waals surface area contributed by atoms with E-state index in [2.05, 4.69) is 15.1 Å². The number of pyridine rings is 1. The van der Waals surface area contributed by atoms with Crippen molar-refractivity contribution in [2.45, 2.75) is 19.8 Å². The van der Waals surface area contributed by atoms with Crippen LogP contribution in [0, 0.1) is 10.1 Å². The number of nitro groups is 1. The van der Waals surface area contributed by atoms with Gasteiger partial charge in [-0.05, 0) is 12.1 Å². The van der Waals surface area contributed by atoms with Gasteiger partial charge in [-0.15, -0.1) is 0 Å². The van der Waals surface area contributed by atoms with E-state index in [1.54, 1.807) is 11.1 Å². The molecule has 0 N–H and O–H groups in total. The number of benzene rings is 1. The van der Waals surface area contributed by atoms with Crippen LogP contribution in [0.5, 0.6) is 11.5 Å². The average molecular weight is 482 g/mol. The zero-order valence-corrected chi connectivity index (χ0v) is 19.9. The van der Waals surface area contributed by atoms with Crippen LogP contribution in [-0.4, -0.2) is 71.3 Å². The summed E-state index contributed by atoms with van der Waals surface area (Å²) in [5.41, 5.74) is 0.387. The smallest absolute Gasteiger partial charge is 0.286 e. The Hall–Kier alpha value is -4.22. The molecule has 12 nitrogen and oxygen atoms in total. The van der Waals surface area contributed by atoms with Crippen LogP contribution >= 0.6 is 0 Å². The highest BCUT2D eigenvalue weighted by atomic mass is 16.6. The molecule has 1 aliphatic heterocycles. The van der Waals surface area contributed by atoms with E-state index in [4.69, 9.17) is 14.0 Å². The molecular weight excluding hydrogens is 456 g/mol. The summed E-state index contributed by atoms with van der Waals surface area (Å²) < 4.78 is 15.6. The number of piperazine rings is 1. The van der Waals surface area contributed by atoms with Crippen molar-refractivity contribution in [3.05, 3.63) is 52.0 Å². The highest BCUT2D eigenvalue weighted by molar-refractivity contribution is 5.99. The van der Waals surface area contributed by atoms with Gasteiger partial charge in [-0.25, -0.2) is 4.98 Å². The minimum Gasteiger partial charge on any atom is -0.493 e. The number of carbonyl (C=O) groups is 1. The summed E-state index contributed by atoms with van der Waals surface area (Å²) in [7, 11) is 2.80. The molecule has 0 aliphatic carbocycles. The van der Waals surface area contributed by atoms with Crippen molar-refractivity contribution in [1.29, 1.82) is 0 Å². The number of hydrogen-bond acceptors (Lipinski definition) is 10. The molecule has 1 saturated heterocycles. The molecule has 4 rings (SSSR count). The molecule has 1 aliphatic rings. The van der Waals surface area contributed by atoms with Crippen LogP contribution in [0.1, 0.15) is 36.0 Å². The Balaban J connectivity index is 1.45. The number of aromatic nitrogens is 3. The van der Waals surface area contributed by atoms with Crippen molar-refractivity contribution in [1.82, 2.24) is 20.0 Å². The largest absolute Gasteiger partial charge is 0.493 e. The van der Waals surface area contributed by atoms with E-state index in [-0.39, 0.29) is 28.7 Å². The average Bonchev–Trinajstić information content (AvgIpc) is 3.38. The van der Waals surface area contributed by atoms with Crippen LogP contribution in [0.2, 0.25) is 0 Å². The molecule has 0 unspecified atom stereocenters. The minimum absolute atomic E-state index is 0.0375. The molecule has 1 aromatic carbocycles. The summed E-state index contributed by atoms with van der Waals surface area (Å²) in [4.78, 5) is 36.7. The van der Waals surface area contributed by atoms with Gasteiger partial charge in [0.15, 0.2) is 11.5 Å². The van der Waals surface area contributed by atoms with E-state index < -0.39 is 10.8 Å². The Morgan fingerprint density at radius 3 is 2.34 bits per heavy atom. The van der Waals surface area contributed by atoms with E-state index in [0.29, 0.717) is 37.9 Å². The number of methoxy groups -OCH3 is 2. The number of nitrogens with zero attached hydrogens (tertiary/aromatic N) is 6. The normalized spacial score (nSPS) is 13.7. The maximum absolute atomic E-state index is 13.2. The van der Waals surface area contributed by atoms with Crippen LogP contribution in [-0.2, 0) is 0 Å². The monoisotopic (exact) mass is 482 g/mol. The Morgan fingerprint density at radius 2 is 1.80 bits per heavy atom. The van der Waals surface area contributed by atoms with E-state index in [1.165, 1.54) is 26.4 Å². The van der Waals surface area contributed by atoms with Crippen molar-refractivity contribution in [3.63, 3.8) is 0 Å². The number of hydrogen-bond donors (Lipinski definition) is 0. The van der Waals surface area contributed by atoms with Crippen molar-refractivity contribution in [3.8, 4) is 22.9 Å². The van der Waals surface area contributed by atoms with Crippen LogP contribution in [0.15, 0.2) is 35.0 Å². The van der Waals surface area contributed by atoms with Gasteiger partial charge in [0, 0.05) is 49.9 Å². The summed E-state index contributed by atoms with van der Waals surface area (Å²) in [6, 6.07) is 6.31. The standard InChI is InChI=1S/C23H26N6O6/c1-14(2)22-25-21(26-35-22)15-5-6-20(24-13-15)27-7-9-28(10-8-27)23(30)16-11-18(33-3)19(34-4)12-17(16)29(31)32/h5-6,11-14H,7-10H2,1-4H3. The molecule has 35 heavy (non-hydrogen) atoms. The number of rotatable bonds is 7. The number of amides is 1. The fourth-order valence-electron chi connectivity index (χ4n) is 3.79. The number of anilines is 1. The first-order valence-corrected chi connectivity index (χ1v) is 11.1. The summed E-state index contributed by atoms with van der Waals surface area (Å²) >= 11 is 0. The van der Waals surface area contributed by atoms with Gasteiger partial charge in [0.2, 0.25) is 11.7 Å². The Bertz CT molecular complexity index is 1220. The van der Waals surface area contributed by atoms with Gasteiger partial charge in [-0.3, -0.25) is 14.9 Å². The molecular formula is C23H26N6O6. The van der Waals surface area contributed by atoms with Crippen molar-refractivity contribution >= 4 is 17.4 Å². The number of nitro benzene ring substituents is 1. The highest BCUT2D eigenvalue weighted by Crippen LogP contribution is 2.35.